The summed E-state index contributed by atoms with van der Waals surface area (Å²) >= 11 is 0. The van der Waals surface area contributed by atoms with Crippen molar-refractivity contribution < 1.29 is 13.6 Å². The van der Waals surface area contributed by atoms with Gasteiger partial charge in [0.05, 0.1) is 0 Å². The first-order valence-electron chi connectivity index (χ1n) is 5.93. The first-order valence-corrected chi connectivity index (χ1v) is 7.03. The van der Waals surface area contributed by atoms with Crippen LogP contribution in [0.5, 0.6) is 0 Å². The van der Waals surface area contributed by atoms with Crippen LogP contribution in [-0.2, 0) is 13.6 Å². The fourth-order valence-corrected chi connectivity index (χ4v) is 3.17. The zero-order valence-electron chi connectivity index (χ0n) is 11.2. The lowest BCUT2D eigenvalue weighted by atomic mass is 9.80. The van der Waals surface area contributed by atoms with Crippen LogP contribution in [0.1, 0.15) is 47.5 Å². The van der Waals surface area contributed by atoms with Crippen molar-refractivity contribution in [2.24, 2.45) is 0 Å². The van der Waals surface area contributed by atoms with Gasteiger partial charge in [-0.15, -0.1) is 9.05 Å². The molecule has 0 radical (unpaired) electrons. The van der Waals surface area contributed by atoms with E-state index in [0.29, 0.717) is 19.4 Å². The van der Waals surface area contributed by atoms with E-state index >= 15 is 0 Å². The molecule has 1 rings (SSSR count). The Bertz CT molecular complexity index is 275. The molecule has 0 aromatic heterocycles. The Hall–Kier alpha value is -0.0600. The van der Waals surface area contributed by atoms with Gasteiger partial charge in [0.15, 0.2) is 0 Å². The molecule has 0 N–H and O–H groups in total. The van der Waals surface area contributed by atoms with E-state index in [0.717, 1.165) is 5.06 Å². The average molecular weight is 263 g/mol. The summed E-state index contributed by atoms with van der Waals surface area (Å²) in [7, 11) is -2.07. The third kappa shape index (κ3) is 3.70. The molecule has 1 aliphatic heterocycles. The summed E-state index contributed by atoms with van der Waals surface area (Å²) in [5.41, 5.74) is -1.01. The highest BCUT2D eigenvalue weighted by Crippen LogP contribution is 2.41. The summed E-state index contributed by atoms with van der Waals surface area (Å²) in [6.07, 6.45) is 0.933. The highest BCUT2D eigenvalue weighted by molar-refractivity contribution is 7.33. The van der Waals surface area contributed by atoms with Crippen molar-refractivity contribution in [2.75, 3.05) is 6.61 Å². The maximum absolute atomic E-state index is 12.1. The molecule has 1 unspecified atom stereocenters. The lowest BCUT2D eigenvalue weighted by molar-refractivity contribution is -0.0422. The van der Waals surface area contributed by atoms with E-state index in [1.165, 1.54) is 0 Å². The van der Waals surface area contributed by atoms with Gasteiger partial charge in [0.25, 0.3) is 0 Å². The molecule has 1 saturated heterocycles. The summed E-state index contributed by atoms with van der Waals surface area (Å²) in [5.74, 6) is 0. The summed E-state index contributed by atoms with van der Waals surface area (Å²) in [4.78, 5) is 0. The second-order valence-electron chi connectivity index (χ2n) is 5.70. The van der Waals surface area contributed by atoms with Crippen LogP contribution < -0.4 is 0 Å². The fourth-order valence-electron chi connectivity index (χ4n) is 2.50. The largest absolute Gasteiger partial charge is 0.784 e. The first kappa shape index (κ1) is 15.0. The molecule has 0 aromatic carbocycles. The monoisotopic (exact) mass is 263 g/mol. The van der Waals surface area contributed by atoms with Gasteiger partial charge in [-0.05, 0) is 47.5 Å². The van der Waals surface area contributed by atoms with Crippen molar-refractivity contribution in [1.82, 2.24) is 5.06 Å². The Balaban J connectivity index is 2.68. The van der Waals surface area contributed by atoms with Gasteiger partial charge in [0, 0.05) is 15.6 Å². The van der Waals surface area contributed by atoms with Gasteiger partial charge in [0.2, 0.25) is 0 Å². The SMILES string of the molecule is CCO[P+](=O)OC1CC(C)(C)N([O-])C(C)(C)C1. The fraction of sp³-hybridized carbons (Fsp3) is 1.00. The van der Waals surface area contributed by atoms with E-state index in [1.807, 2.05) is 27.7 Å². The van der Waals surface area contributed by atoms with Gasteiger partial charge < -0.3 is 10.3 Å². The van der Waals surface area contributed by atoms with Crippen LogP contribution in [0.2, 0.25) is 0 Å². The first-order chi connectivity index (χ1) is 7.69. The highest BCUT2D eigenvalue weighted by Gasteiger charge is 2.44. The Morgan fingerprint density at radius 1 is 1.29 bits per heavy atom. The standard InChI is InChI=1S/C11H22NO4P/c1-6-15-17(14)16-9-7-10(2,3)12(13)11(4,5)8-9/h9H,6-8H2,1-5H3. The van der Waals surface area contributed by atoms with Crippen LogP contribution in [0, 0.1) is 5.21 Å². The average Bonchev–Trinajstić information content (AvgIpc) is 2.13. The van der Waals surface area contributed by atoms with E-state index in [1.54, 1.807) is 6.92 Å². The quantitative estimate of drug-likeness (QED) is 0.729. The minimum Gasteiger partial charge on any atom is -0.784 e. The van der Waals surface area contributed by atoms with Crippen molar-refractivity contribution in [3.05, 3.63) is 5.21 Å². The Kier molecular flexibility index (Phi) is 4.67. The molecule has 1 heterocycles. The molecule has 0 aliphatic carbocycles. The third-order valence-electron chi connectivity index (χ3n) is 3.02. The number of hydrogen-bond acceptors (Lipinski definition) is 5. The van der Waals surface area contributed by atoms with Crippen molar-refractivity contribution in [2.45, 2.75) is 64.6 Å². The van der Waals surface area contributed by atoms with Gasteiger partial charge in [-0.25, -0.2) is 0 Å². The third-order valence-corrected chi connectivity index (χ3v) is 3.96. The summed E-state index contributed by atoms with van der Waals surface area (Å²) in [6, 6.07) is 0. The number of hydrogen-bond donors (Lipinski definition) is 0. The smallest absolute Gasteiger partial charge is 0.697 e. The van der Waals surface area contributed by atoms with E-state index < -0.39 is 19.3 Å². The zero-order chi connectivity index (χ0) is 13.3. The number of nitrogens with zero attached hydrogens (tertiary/aromatic N) is 1. The lowest BCUT2D eigenvalue weighted by Crippen LogP contribution is -2.59. The number of piperidine rings is 1. The molecule has 100 valence electrons. The Morgan fingerprint density at radius 3 is 2.18 bits per heavy atom. The normalized spacial score (nSPS) is 25.9. The van der Waals surface area contributed by atoms with Crippen LogP contribution in [0.15, 0.2) is 0 Å². The maximum Gasteiger partial charge on any atom is 0.697 e. The van der Waals surface area contributed by atoms with Crippen LogP contribution in [0.25, 0.3) is 0 Å². The van der Waals surface area contributed by atoms with Crippen molar-refractivity contribution in [3.8, 4) is 0 Å². The number of hydroxylamine groups is 2. The lowest BCUT2D eigenvalue weighted by Gasteiger charge is -2.58. The summed E-state index contributed by atoms with van der Waals surface area (Å²) in [5, 5.41) is 13.2. The molecule has 0 amide bonds. The molecular formula is C11H22NO4P. The van der Waals surface area contributed by atoms with E-state index in [-0.39, 0.29) is 6.10 Å². The minimum absolute atomic E-state index is 0.194. The molecule has 0 saturated carbocycles. The molecule has 1 aliphatic rings. The second kappa shape index (κ2) is 5.29. The van der Waals surface area contributed by atoms with E-state index in [9.17, 15) is 9.77 Å². The van der Waals surface area contributed by atoms with Crippen molar-refractivity contribution in [1.29, 1.82) is 0 Å². The zero-order valence-corrected chi connectivity index (χ0v) is 12.1. The number of rotatable bonds is 4. The van der Waals surface area contributed by atoms with Crippen LogP contribution in [-0.4, -0.2) is 28.9 Å². The summed E-state index contributed by atoms with van der Waals surface area (Å²) in [6.45, 7) is 9.65. The molecule has 1 atom stereocenters. The van der Waals surface area contributed by atoms with Crippen molar-refractivity contribution >= 4 is 8.25 Å². The minimum atomic E-state index is -2.07. The highest BCUT2D eigenvalue weighted by atomic mass is 31.1. The molecule has 17 heavy (non-hydrogen) atoms. The van der Waals surface area contributed by atoms with Gasteiger partial charge in [0.1, 0.15) is 12.7 Å². The summed E-state index contributed by atoms with van der Waals surface area (Å²) < 4.78 is 21.7. The van der Waals surface area contributed by atoms with Crippen LogP contribution in [0.3, 0.4) is 0 Å². The topological polar surface area (TPSA) is 61.8 Å². The van der Waals surface area contributed by atoms with Gasteiger partial charge in [-0.2, -0.15) is 0 Å². The van der Waals surface area contributed by atoms with Crippen molar-refractivity contribution in [3.63, 3.8) is 0 Å². The predicted molar refractivity (Wildman–Crippen MR) is 66.7 cm³/mol. The Morgan fingerprint density at radius 2 is 1.76 bits per heavy atom. The van der Waals surface area contributed by atoms with Gasteiger partial charge >= 0.3 is 8.25 Å². The molecule has 0 aromatic rings. The van der Waals surface area contributed by atoms with Gasteiger partial charge in [-0.1, -0.05) is 0 Å². The maximum atomic E-state index is 12.1. The van der Waals surface area contributed by atoms with E-state index in [2.05, 4.69) is 0 Å². The van der Waals surface area contributed by atoms with E-state index in [4.69, 9.17) is 9.05 Å². The molecule has 0 spiro atoms. The van der Waals surface area contributed by atoms with Crippen LogP contribution >= 0.6 is 8.25 Å². The molecular weight excluding hydrogens is 241 g/mol. The second-order valence-corrected chi connectivity index (χ2v) is 6.61. The Labute approximate surface area is 104 Å². The van der Waals surface area contributed by atoms with Crippen LogP contribution in [0.4, 0.5) is 0 Å². The molecule has 1 fully saturated rings. The van der Waals surface area contributed by atoms with Gasteiger partial charge in [-0.3, -0.25) is 0 Å². The molecule has 6 heteroatoms. The molecule has 5 nitrogen and oxygen atoms in total. The predicted octanol–water partition coefficient (Wildman–Crippen LogP) is 3.22. The molecule has 0 bridgehead atoms.